The summed E-state index contributed by atoms with van der Waals surface area (Å²) in [6.07, 6.45) is 6.00. The van der Waals surface area contributed by atoms with Crippen LogP contribution in [-0.4, -0.2) is 64.1 Å². The van der Waals surface area contributed by atoms with E-state index in [1.807, 2.05) is 0 Å². The SMILES string of the molecule is COc1cc2c(Oc3ccc(NC(=O)c4nn(-c5cccc(F)c5)c5ccccc5c4=O)cc3F)cnnc2cc1OCCCN1CCCCC1. The molecule has 1 amide bonds. The molecule has 7 rings (SSSR count). The predicted octanol–water partition coefficient (Wildman–Crippen LogP) is 6.92. The van der Waals surface area contributed by atoms with Gasteiger partial charge in [0.2, 0.25) is 5.43 Å². The van der Waals surface area contributed by atoms with Gasteiger partial charge < -0.3 is 24.4 Å². The van der Waals surface area contributed by atoms with Gasteiger partial charge in [0.1, 0.15) is 11.3 Å². The zero-order valence-electron chi connectivity index (χ0n) is 27.8. The van der Waals surface area contributed by atoms with Gasteiger partial charge in [0, 0.05) is 24.4 Å². The summed E-state index contributed by atoms with van der Waals surface area (Å²) >= 11 is 0. The molecule has 1 fully saturated rings. The number of hydrogen-bond acceptors (Lipinski definition) is 9. The largest absolute Gasteiger partial charge is 0.493 e. The van der Waals surface area contributed by atoms with Crippen LogP contribution in [0.15, 0.2) is 89.9 Å². The molecule has 11 nitrogen and oxygen atoms in total. The lowest BCUT2D eigenvalue weighted by molar-refractivity contribution is 0.102. The zero-order valence-corrected chi connectivity index (χ0v) is 27.8. The Morgan fingerprint density at radius 3 is 2.53 bits per heavy atom. The number of fused-ring (bicyclic) bond motifs is 2. The van der Waals surface area contributed by atoms with Crippen LogP contribution >= 0.6 is 0 Å². The number of likely N-dealkylation sites (tertiary alicyclic amines) is 1. The van der Waals surface area contributed by atoms with Crippen LogP contribution in [0.1, 0.15) is 36.2 Å². The highest BCUT2D eigenvalue weighted by molar-refractivity contribution is 6.04. The topological polar surface area (TPSA) is 121 Å². The fourth-order valence-corrected chi connectivity index (χ4v) is 6.15. The van der Waals surface area contributed by atoms with Crippen molar-refractivity contribution in [3.8, 4) is 28.7 Å². The molecule has 2 aromatic heterocycles. The van der Waals surface area contributed by atoms with Gasteiger partial charge in [-0.2, -0.15) is 15.3 Å². The summed E-state index contributed by atoms with van der Waals surface area (Å²) in [4.78, 5) is 29.1. The number of para-hydroxylation sites is 1. The van der Waals surface area contributed by atoms with Gasteiger partial charge in [-0.25, -0.2) is 13.5 Å². The maximum absolute atomic E-state index is 15.4. The van der Waals surface area contributed by atoms with Crippen LogP contribution in [-0.2, 0) is 0 Å². The third-order valence-electron chi connectivity index (χ3n) is 8.68. The molecule has 51 heavy (non-hydrogen) atoms. The molecule has 0 unspecified atom stereocenters. The van der Waals surface area contributed by atoms with E-state index < -0.39 is 28.7 Å². The number of carbonyl (C=O) groups excluding carboxylic acids is 1. The minimum absolute atomic E-state index is 0.0537. The van der Waals surface area contributed by atoms with E-state index in [4.69, 9.17) is 14.2 Å². The summed E-state index contributed by atoms with van der Waals surface area (Å²) in [7, 11) is 1.54. The summed E-state index contributed by atoms with van der Waals surface area (Å²) in [5, 5.41) is 15.8. The van der Waals surface area contributed by atoms with E-state index in [0.29, 0.717) is 40.2 Å². The molecule has 1 aliphatic heterocycles. The van der Waals surface area contributed by atoms with Gasteiger partial charge in [0.05, 0.1) is 41.9 Å². The highest BCUT2D eigenvalue weighted by atomic mass is 19.1. The molecule has 3 heterocycles. The fraction of sp³-hybridized carbons (Fsp3) is 0.237. The van der Waals surface area contributed by atoms with Gasteiger partial charge >= 0.3 is 0 Å². The number of nitrogens with zero attached hydrogens (tertiary/aromatic N) is 5. The third-order valence-corrected chi connectivity index (χ3v) is 8.68. The maximum atomic E-state index is 15.4. The molecular formula is C38H34F2N6O5. The standard InChI is InChI=1S/C38H34F2N6O5/c1-49-33-21-28-30(22-34(33)50-18-8-17-45-15-5-2-6-16-45)43-41-23-35(28)51-32-14-13-25(20-29(32)40)42-38(48)36-37(47)27-11-3-4-12-31(27)46(44-36)26-10-7-9-24(39)19-26/h3-4,7,9-14,19-23H,2,5-6,8,15-18H2,1H3,(H,42,48). The average molecular weight is 693 g/mol. The molecule has 4 aromatic carbocycles. The van der Waals surface area contributed by atoms with Crippen molar-refractivity contribution in [2.45, 2.75) is 25.7 Å². The van der Waals surface area contributed by atoms with Crippen LogP contribution in [0.4, 0.5) is 14.5 Å². The molecule has 0 aliphatic carbocycles. The molecule has 0 radical (unpaired) electrons. The number of amides is 1. The smallest absolute Gasteiger partial charge is 0.280 e. The second kappa shape index (κ2) is 14.9. The van der Waals surface area contributed by atoms with E-state index in [1.165, 1.54) is 67.6 Å². The Morgan fingerprint density at radius 1 is 0.882 bits per heavy atom. The van der Waals surface area contributed by atoms with Crippen LogP contribution < -0.4 is 25.0 Å². The normalized spacial score (nSPS) is 13.3. The van der Waals surface area contributed by atoms with Crippen molar-refractivity contribution in [1.29, 1.82) is 0 Å². The summed E-state index contributed by atoms with van der Waals surface area (Å²) in [6, 6.07) is 19.4. The second-order valence-electron chi connectivity index (χ2n) is 12.1. The number of carbonyl (C=O) groups is 1. The zero-order chi connectivity index (χ0) is 35.3. The number of halogens is 2. The minimum Gasteiger partial charge on any atom is -0.493 e. The van der Waals surface area contributed by atoms with E-state index in [2.05, 4.69) is 25.5 Å². The highest BCUT2D eigenvalue weighted by Crippen LogP contribution is 2.37. The van der Waals surface area contributed by atoms with Crippen LogP contribution in [0.3, 0.4) is 0 Å². The van der Waals surface area contributed by atoms with E-state index in [-0.39, 0.29) is 22.6 Å². The van der Waals surface area contributed by atoms with Gasteiger partial charge in [-0.1, -0.05) is 24.6 Å². The first-order valence-corrected chi connectivity index (χ1v) is 16.6. The number of benzene rings is 4. The first-order chi connectivity index (χ1) is 24.9. The van der Waals surface area contributed by atoms with Crippen molar-refractivity contribution in [2.75, 3.05) is 38.7 Å². The number of aromatic nitrogens is 4. The maximum Gasteiger partial charge on any atom is 0.280 e. The Balaban J connectivity index is 1.08. The number of methoxy groups -OCH3 is 1. The van der Waals surface area contributed by atoms with E-state index in [1.54, 1.807) is 42.5 Å². The Morgan fingerprint density at radius 2 is 1.73 bits per heavy atom. The summed E-state index contributed by atoms with van der Waals surface area (Å²) in [5.74, 6) is -1.10. The Bertz CT molecular complexity index is 2290. The summed E-state index contributed by atoms with van der Waals surface area (Å²) in [5.41, 5.74) is 0.144. The van der Waals surface area contributed by atoms with E-state index in [0.717, 1.165) is 32.1 Å². The Hall–Kier alpha value is -5.95. The minimum atomic E-state index is -0.870. The molecule has 1 saturated heterocycles. The lowest BCUT2D eigenvalue weighted by atomic mass is 10.1. The van der Waals surface area contributed by atoms with Crippen molar-refractivity contribution in [2.24, 2.45) is 0 Å². The van der Waals surface area contributed by atoms with Crippen molar-refractivity contribution in [3.05, 3.63) is 113 Å². The number of rotatable bonds is 11. The molecule has 13 heteroatoms. The molecule has 1 aliphatic rings. The first-order valence-electron chi connectivity index (χ1n) is 16.6. The van der Waals surface area contributed by atoms with Gasteiger partial charge in [-0.3, -0.25) is 9.59 Å². The summed E-state index contributed by atoms with van der Waals surface area (Å²) in [6.45, 7) is 3.73. The van der Waals surface area contributed by atoms with Gasteiger partial charge in [0.25, 0.3) is 5.91 Å². The second-order valence-corrected chi connectivity index (χ2v) is 12.1. The molecule has 0 spiro atoms. The lowest BCUT2D eigenvalue weighted by Crippen LogP contribution is -2.31. The molecule has 1 N–H and O–H groups in total. The van der Waals surface area contributed by atoms with Crippen LogP contribution in [0.5, 0.6) is 23.0 Å². The van der Waals surface area contributed by atoms with Crippen LogP contribution in [0, 0.1) is 11.6 Å². The van der Waals surface area contributed by atoms with Gasteiger partial charge in [0.15, 0.2) is 34.5 Å². The van der Waals surface area contributed by atoms with Crippen LogP contribution in [0.2, 0.25) is 0 Å². The molecule has 0 saturated carbocycles. The first kappa shape index (κ1) is 33.5. The number of ether oxygens (including phenoxy) is 3. The number of nitrogens with one attached hydrogen (secondary N) is 1. The van der Waals surface area contributed by atoms with Crippen molar-refractivity contribution in [3.63, 3.8) is 0 Å². The van der Waals surface area contributed by atoms with Gasteiger partial charge in [-0.15, -0.1) is 0 Å². The molecule has 0 bridgehead atoms. The monoisotopic (exact) mass is 692 g/mol. The lowest BCUT2D eigenvalue weighted by Gasteiger charge is -2.26. The molecule has 6 aromatic rings. The average Bonchev–Trinajstić information content (AvgIpc) is 3.15. The van der Waals surface area contributed by atoms with Gasteiger partial charge in [-0.05, 0) is 80.9 Å². The van der Waals surface area contributed by atoms with E-state index in [9.17, 15) is 14.0 Å². The van der Waals surface area contributed by atoms with Crippen molar-refractivity contribution in [1.82, 2.24) is 24.9 Å². The third kappa shape index (κ3) is 7.33. The molecular weight excluding hydrogens is 658 g/mol. The van der Waals surface area contributed by atoms with Crippen molar-refractivity contribution < 1.29 is 27.8 Å². The van der Waals surface area contributed by atoms with E-state index >= 15 is 4.39 Å². The molecule has 260 valence electrons. The fourth-order valence-electron chi connectivity index (χ4n) is 6.15. The summed E-state index contributed by atoms with van der Waals surface area (Å²) < 4.78 is 48.4. The highest BCUT2D eigenvalue weighted by Gasteiger charge is 2.20. The Kier molecular flexibility index (Phi) is 9.79. The Labute approximate surface area is 291 Å². The predicted molar refractivity (Wildman–Crippen MR) is 188 cm³/mol. The van der Waals surface area contributed by atoms with Crippen molar-refractivity contribution >= 4 is 33.4 Å². The number of anilines is 1. The quantitative estimate of drug-likeness (QED) is 0.144. The number of hydrogen-bond donors (Lipinski definition) is 1. The molecule has 0 atom stereocenters. The number of piperidine rings is 1. The van der Waals surface area contributed by atoms with Crippen LogP contribution in [0.25, 0.3) is 27.5 Å².